The second-order valence-electron chi connectivity index (χ2n) is 3.73. The molecule has 3 nitrogen and oxygen atoms in total. The number of hydrogen-bond acceptors (Lipinski definition) is 3. The molecular formula is C9H18O3S. The van der Waals surface area contributed by atoms with Gasteiger partial charge in [0.05, 0.1) is 5.75 Å². The van der Waals surface area contributed by atoms with Crippen LogP contribution in [0.15, 0.2) is 0 Å². The van der Waals surface area contributed by atoms with Crippen molar-refractivity contribution in [2.24, 2.45) is 5.92 Å². The van der Waals surface area contributed by atoms with Crippen molar-refractivity contribution in [3.63, 3.8) is 0 Å². The van der Waals surface area contributed by atoms with Gasteiger partial charge in [0.2, 0.25) is 0 Å². The molecule has 0 amide bonds. The molecule has 0 rings (SSSR count). The first kappa shape index (κ1) is 12.6. The fourth-order valence-corrected chi connectivity index (χ4v) is 2.52. The topological polar surface area (TPSA) is 51.2 Å². The summed E-state index contributed by atoms with van der Waals surface area (Å²) < 4.78 is 22.4. The van der Waals surface area contributed by atoms with Crippen LogP contribution in [0.3, 0.4) is 0 Å². The maximum absolute atomic E-state index is 11.2. The van der Waals surface area contributed by atoms with Crippen LogP contribution in [0.5, 0.6) is 0 Å². The van der Waals surface area contributed by atoms with Crippen LogP contribution in [0.2, 0.25) is 0 Å². The fraction of sp³-hybridized carbons (Fsp3) is 0.889. The third kappa shape index (κ3) is 6.75. The molecule has 78 valence electrons. The zero-order chi connectivity index (χ0) is 10.5. The number of carbonyl (C=O) groups is 1. The van der Waals surface area contributed by atoms with Gasteiger partial charge in [-0.1, -0.05) is 20.8 Å². The fourth-order valence-electron chi connectivity index (χ4n) is 1.14. The van der Waals surface area contributed by atoms with E-state index in [-0.39, 0.29) is 23.2 Å². The number of ketones is 1. The Morgan fingerprint density at radius 2 is 1.85 bits per heavy atom. The molecule has 4 heteroatoms. The predicted molar refractivity (Wildman–Crippen MR) is 53.4 cm³/mol. The lowest BCUT2D eigenvalue weighted by atomic mass is 10.1. The van der Waals surface area contributed by atoms with Gasteiger partial charge in [0.25, 0.3) is 0 Å². The molecule has 13 heavy (non-hydrogen) atoms. The molecule has 0 fully saturated rings. The minimum atomic E-state index is -3.13. The molecule has 0 saturated carbocycles. The average Bonchev–Trinajstić information content (AvgIpc) is 1.81. The highest BCUT2D eigenvalue weighted by Crippen LogP contribution is 2.03. The summed E-state index contributed by atoms with van der Waals surface area (Å²) in [5, 5.41) is 0. The molecule has 0 aliphatic rings. The quantitative estimate of drug-likeness (QED) is 0.660. The van der Waals surface area contributed by atoms with Crippen molar-refractivity contribution in [1.29, 1.82) is 0 Å². The van der Waals surface area contributed by atoms with E-state index in [0.29, 0.717) is 12.8 Å². The van der Waals surface area contributed by atoms with E-state index < -0.39 is 9.84 Å². The van der Waals surface area contributed by atoms with Gasteiger partial charge in [0.1, 0.15) is 11.5 Å². The number of sulfone groups is 1. The van der Waals surface area contributed by atoms with Gasteiger partial charge in [-0.15, -0.1) is 0 Å². The van der Waals surface area contributed by atoms with E-state index in [9.17, 15) is 13.2 Å². The molecule has 0 saturated heterocycles. The molecule has 0 atom stereocenters. The standard InChI is InChI=1S/C9H18O3S/c1-4-5-13(11,12)7-9(10)6-8(2)3/h8H,4-7H2,1-3H3. The third-order valence-corrected chi connectivity index (χ3v) is 3.32. The number of hydrogen-bond donors (Lipinski definition) is 0. The van der Waals surface area contributed by atoms with Crippen LogP contribution < -0.4 is 0 Å². The Bertz CT molecular complexity index is 252. The van der Waals surface area contributed by atoms with E-state index in [1.165, 1.54) is 0 Å². The Balaban J connectivity index is 4.05. The van der Waals surface area contributed by atoms with Crippen LogP contribution in [-0.4, -0.2) is 25.7 Å². The molecule has 0 aromatic rings. The summed E-state index contributed by atoms with van der Waals surface area (Å²) in [7, 11) is -3.13. The highest BCUT2D eigenvalue weighted by molar-refractivity contribution is 7.92. The first-order valence-electron chi connectivity index (χ1n) is 4.59. The summed E-state index contributed by atoms with van der Waals surface area (Å²) in [6.45, 7) is 5.61. The molecule has 0 radical (unpaired) electrons. The lowest BCUT2D eigenvalue weighted by Crippen LogP contribution is -2.19. The summed E-state index contributed by atoms with van der Waals surface area (Å²) in [6.07, 6.45) is 0.945. The summed E-state index contributed by atoms with van der Waals surface area (Å²) in [5.74, 6) is -0.0802. The molecule has 0 aliphatic carbocycles. The monoisotopic (exact) mass is 206 g/mol. The molecule has 0 bridgehead atoms. The largest absolute Gasteiger partial charge is 0.299 e. The zero-order valence-corrected chi connectivity index (χ0v) is 9.36. The van der Waals surface area contributed by atoms with Crippen LogP contribution in [0.1, 0.15) is 33.6 Å². The van der Waals surface area contributed by atoms with E-state index in [1.807, 2.05) is 13.8 Å². The van der Waals surface area contributed by atoms with E-state index in [1.54, 1.807) is 6.92 Å². The minimum Gasteiger partial charge on any atom is -0.299 e. The predicted octanol–water partition coefficient (Wildman–Crippen LogP) is 1.43. The van der Waals surface area contributed by atoms with E-state index in [4.69, 9.17) is 0 Å². The summed E-state index contributed by atoms with van der Waals surface area (Å²) in [6, 6.07) is 0. The van der Waals surface area contributed by atoms with Crippen molar-refractivity contribution in [3.05, 3.63) is 0 Å². The number of Topliss-reactive ketones (excluding diaryl/α,β-unsaturated/α-hetero) is 1. The van der Waals surface area contributed by atoms with Crippen molar-refractivity contribution in [2.45, 2.75) is 33.6 Å². The molecule has 0 aromatic carbocycles. The Hall–Kier alpha value is -0.380. The van der Waals surface area contributed by atoms with Gasteiger partial charge in [-0.25, -0.2) is 8.42 Å². The molecule has 0 heterocycles. The number of rotatable bonds is 6. The van der Waals surface area contributed by atoms with Crippen LogP contribution in [0.25, 0.3) is 0 Å². The van der Waals surface area contributed by atoms with Crippen molar-refractivity contribution >= 4 is 15.6 Å². The second-order valence-corrected chi connectivity index (χ2v) is 5.91. The first-order chi connectivity index (χ1) is 5.87. The van der Waals surface area contributed by atoms with Gasteiger partial charge in [0.15, 0.2) is 9.84 Å². The highest BCUT2D eigenvalue weighted by Gasteiger charge is 2.15. The van der Waals surface area contributed by atoms with Gasteiger partial charge in [-0.2, -0.15) is 0 Å². The molecule has 0 unspecified atom stereocenters. The SMILES string of the molecule is CCCS(=O)(=O)CC(=O)CC(C)C. The van der Waals surface area contributed by atoms with E-state index in [2.05, 4.69) is 0 Å². The minimum absolute atomic E-state index is 0.122. The normalized spacial score (nSPS) is 12.0. The Morgan fingerprint density at radius 1 is 1.31 bits per heavy atom. The summed E-state index contributed by atoms with van der Waals surface area (Å²) in [5.41, 5.74) is 0. The second kappa shape index (κ2) is 5.37. The summed E-state index contributed by atoms with van der Waals surface area (Å²) in [4.78, 5) is 11.2. The Labute approximate surface area is 80.4 Å². The molecule has 0 spiro atoms. The van der Waals surface area contributed by atoms with Crippen molar-refractivity contribution in [1.82, 2.24) is 0 Å². The van der Waals surface area contributed by atoms with Gasteiger partial charge < -0.3 is 0 Å². The molecule has 0 aliphatic heterocycles. The molecule has 0 aromatic heterocycles. The van der Waals surface area contributed by atoms with Crippen molar-refractivity contribution in [3.8, 4) is 0 Å². The lowest BCUT2D eigenvalue weighted by molar-refractivity contribution is -0.117. The maximum atomic E-state index is 11.2. The number of carbonyl (C=O) groups excluding carboxylic acids is 1. The van der Waals surface area contributed by atoms with Crippen molar-refractivity contribution < 1.29 is 13.2 Å². The lowest BCUT2D eigenvalue weighted by Gasteiger charge is -2.04. The zero-order valence-electron chi connectivity index (χ0n) is 8.54. The van der Waals surface area contributed by atoms with Crippen LogP contribution in [0, 0.1) is 5.92 Å². The first-order valence-corrected chi connectivity index (χ1v) is 6.41. The van der Waals surface area contributed by atoms with Crippen LogP contribution >= 0.6 is 0 Å². The van der Waals surface area contributed by atoms with Crippen molar-refractivity contribution in [2.75, 3.05) is 11.5 Å². The highest BCUT2D eigenvalue weighted by atomic mass is 32.2. The maximum Gasteiger partial charge on any atom is 0.157 e. The van der Waals surface area contributed by atoms with Gasteiger partial charge in [-0.05, 0) is 12.3 Å². The van der Waals surface area contributed by atoms with Gasteiger partial charge in [-0.3, -0.25) is 4.79 Å². The average molecular weight is 206 g/mol. The van der Waals surface area contributed by atoms with Gasteiger partial charge in [0, 0.05) is 6.42 Å². The smallest absolute Gasteiger partial charge is 0.157 e. The van der Waals surface area contributed by atoms with Crippen LogP contribution in [0.4, 0.5) is 0 Å². The Morgan fingerprint density at radius 3 is 2.23 bits per heavy atom. The third-order valence-electron chi connectivity index (χ3n) is 1.53. The van der Waals surface area contributed by atoms with E-state index in [0.717, 1.165) is 0 Å². The molecular weight excluding hydrogens is 188 g/mol. The Kier molecular flexibility index (Phi) is 5.21. The van der Waals surface area contributed by atoms with Crippen LogP contribution in [-0.2, 0) is 14.6 Å². The van der Waals surface area contributed by atoms with Gasteiger partial charge >= 0.3 is 0 Å². The summed E-state index contributed by atoms with van der Waals surface area (Å²) >= 11 is 0. The molecule has 0 N–H and O–H groups in total. The van der Waals surface area contributed by atoms with E-state index >= 15 is 0 Å².